The number of alkyl halides is 2. The molecule has 0 bridgehead atoms. The molecule has 4 nitrogen and oxygen atoms in total. The summed E-state index contributed by atoms with van der Waals surface area (Å²) in [6.45, 7) is -2.79. The van der Waals surface area contributed by atoms with Crippen molar-refractivity contribution in [1.82, 2.24) is 5.32 Å². The lowest BCUT2D eigenvalue weighted by molar-refractivity contribution is -0.120. The van der Waals surface area contributed by atoms with Gasteiger partial charge in [0.1, 0.15) is 5.75 Å². The summed E-state index contributed by atoms with van der Waals surface area (Å²) in [6.07, 6.45) is 4.82. The molecule has 3 rings (SSSR count). The van der Waals surface area contributed by atoms with Crippen molar-refractivity contribution in [3.8, 4) is 5.75 Å². The predicted molar refractivity (Wildman–Crippen MR) is 84.0 cm³/mol. The van der Waals surface area contributed by atoms with Gasteiger partial charge in [-0.05, 0) is 55.7 Å². The molecule has 0 aromatic heterocycles. The van der Waals surface area contributed by atoms with Gasteiger partial charge < -0.3 is 15.4 Å². The number of carbonyl (C=O) groups excluding carboxylic acids is 1. The van der Waals surface area contributed by atoms with E-state index in [1.165, 1.54) is 37.8 Å². The number of rotatable bonds is 8. The Labute approximate surface area is 138 Å². The van der Waals surface area contributed by atoms with E-state index in [2.05, 4.69) is 15.4 Å². The standard InChI is InChI=1S/C16H19ClF2N2O2/c17-12-7-11(5-6-13(12)23-16(18)19)20-8-14(22)21-15(9-1-2-9)10-3-4-10/h5-7,9-10,15-16,20H,1-4,8H2,(H,21,22). The first-order chi connectivity index (χ1) is 11.0. The Bertz CT molecular complexity index is 565. The summed E-state index contributed by atoms with van der Waals surface area (Å²) in [5.74, 6) is 1.15. The van der Waals surface area contributed by atoms with Crippen LogP contribution in [0.1, 0.15) is 25.7 Å². The van der Waals surface area contributed by atoms with E-state index in [1.807, 2.05) is 0 Å². The fourth-order valence-electron chi connectivity index (χ4n) is 2.75. The van der Waals surface area contributed by atoms with E-state index in [4.69, 9.17) is 11.6 Å². The van der Waals surface area contributed by atoms with Crippen LogP contribution in [0.15, 0.2) is 18.2 Å². The fourth-order valence-corrected chi connectivity index (χ4v) is 2.98. The largest absolute Gasteiger partial charge is 0.433 e. The normalized spacial score (nSPS) is 17.4. The Kier molecular flexibility index (Phi) is 4.90. The lowest BCUT2D eigenvalue weighted by Crippen LogP contribution is -2.41. The van der Waals surface area contributed by atoms with Gasteiger partial charge in [-0.3, -0.25) is 4.79 Å². The first-order valence-electron chi connectivity index (χ1n) is 7.80. The summed E-state index contributed by atoms with van der Waals surface area (Å²) in [5.41, 5.74) is 0.584. The number of carbonyl (C=O) groups is 1. The van der Waals surface area contributed by atoms with E-state index < -0.39 is 6.61 Å². The van der Waals surface area contributed by atoms with Crippen LogP contribution in [0.25, 0.3) is 0 Å². The quantitative estimate of drug-likeness (QED) is 0.756. The van der Waals surface area contributed by atoms with Crippen LogP contribution in [0.5, 0.6) is 5.75 Å². The molecule has 2 saturated carbocycles. The average Bonchev–Trinajstić information content (AvgIpc) is 3.37. The second-order valence-electron chi connectivity index (χ2n) is 6.15. The molecule has 23 heavy (non-hydrogen) atoms. The minimum absolute atomic E-state index is 0.0576. The SMILES string of the molecule is O=C(CNc1ccc(OC(F)F)c(Cl)c1)NC(C1CC1)C1CC1. The van der Waals surface area contributed by atoms with Crippen LogP contribution in [-0.2, 0) is 4.79 Å². The highest BCUT2D eigenvalue weighted by atomic mass is 35.5. The third-order valence-electron chi connectivity index (χ3n) is 4.19. The van der Waals surface area contributed by atoms with E-state index in [1.54, 1.807) is 6.07 Å². The van der Waals surface area contributed by atoms with Gasteiger partial charge in [0.25, 0.3) is 0 Å². The average molecular weight is 345 g/mol. The van der Waals surface area contributed by atoms with Crippen molar-refractivity contribution in [3.05, 3.63) is 23.2 Å². The second kappa shape index (κ2) is 6.91. The fraction of sp³-hybridized carbons (Fsp3) is 0.562. The van der Waals surface area contributed by atoms with Crippen molar-refractivity contribution < 1.29 is 18.3 Å². The predicted octanol–water partition coefficient (Wildman–Crippen LogP) is 3.66. The molecule has 0 unspecified atom stereocenters. The number of hydrogen-bond donors (Lipinski definition) is 2. The topological polar surface area (TPSA) is 50.4 Å². The van der Waals surface area contributed by atoms with Gasteiger partial charge in [0, 0.05) is 11.7 Å². The van der Waals surface area contributed by atoms with Gasteiger partial charge in [-0.15, -0.1) is 0 Å². The zero-order chi connectivity index (χ0) is 16.4. The first-order valence-corrected chi connectivity index (χ1v) is 8.18. The van der Waals surface area contributed by atoms with Gasteiger partial charge in [0.2, 0.25) is 5.91 Å². The third kappa shape index (κ3) is 4.70. The number of amides is 1. The monoisotopic (exact) mass is 344 g/mol. The van der Waals surface area contributed by atoms with Gasteiger partial charge in [-0.25, -0.2) is 0 Å². The maximum absolute atomic E-state index is 12.2. The molecule has 2 aliphatic carbocycles. The van der Waals surface area contributed by atoms with Gasteiger partial charge in [0.05, 0.1) is 11.6 Å². The molecule has 0 saturated heterocycles. The molecule has 0 spiro atoms. The van der Waals surface area contributed by atoms with Crippen LogP contribution in [0.4, 0.5) is 14.5 Å². The van der Waals surface area contributed by atoms with Gasteiger partial charge in [-0.1, -0.05) is 11.6 Å². The smallest absolute Gasteiger partial charge is 0.387 e. The Morgan fingerprint density at radius 1 is 1.26 bits per heavy atom. The molecular weight excluding hydrogens is 326 g/mol. The van der Waals surface area contributed by atoms with Crippen LogP contribution in [-0.4, -0.2) is 25.1 Å². The van der Waals surface area contributed by atoms with E-state index in [0.717, 1.165) is 0 Å². The van der Waals surface area contributed by atoms with E-state index in [9.17, 15) is 13.6 Å². The molecule has 7 heteroatoms. The Morgan fingerprint density at radius 2 is 1.91 bits per heavy atom. The van der Waals surface area contributed by atoms with Crippen molar-refractivity contribution >= 4 is 23.2 Å². The number of ether oxygens (including phenoxy) is 1. The van der Waals surface area contributed by atoms with Crippen molar-refractivity contribution in [2.24, 2.45) is 11.8 Å². The van der Waals surface area contributed by atoms with Crippen molar-refractivity contribution in [2.75, 3.05) is 11.9 Å². The summed E-state index contributed by atoms with van der Waals surface area (Å²) >= 11 is 5.87. The molecule has 2 fully saturated rings. The summed E-state index contributed by atoms with van der Waals surface area (Å²) in [5, 5.41) is 6.13. The van der Waals surface area contributed by atoms with Crippen molar-refractivity contribution in [2.45, 2.75) is 38.3 Å². The minimum atomic E-state index is -2.92. The van der Waals surface area contributed by atoms with Crippen LogP contribution in [0.3, 0.4) is 0 Å². The number of anilines is 1. The van der Waals surface area contributed by atoms with E-state index >= 15 is 0 Å². The number of benzene rings is 1. The Morgan fingerprint density at radius 3 is 2.43 bits per heavy atom. The summed E-state index contributed by atoms with van der Waals surface area (Å²) in [6, 6.07) is 4.68. The van der Waals surface area contributed by atoms with Crippen LogP contribution in [0.2, 0.25) is 5.02 Å². The molecule has 126 valence electrons. The second-order valence-corrected chi connectivity index (χ2v) is 6.55. The van der Waals surface area contributed by atoms with Gasteiger partial charge >= 0.3 is 6.61 Å². The third-order valence-corrected chi connectivity index (χ3v) is 4.48. The number of hydrogen-bond acceptors (Lipinski definition) is 3. The highest BCUT2D eigenvalue weighted by Crippen LogP contribution is 2.44. The Hall–Kier alpha value is -1.56. The number of halogens is 3. The zero-order valence-electron chi connectivity index (χ0n) is 12.5. The van der Waals surface area contributed by atoms with Gasteiger partial charge in [-0.2, -0.15) is 8.78 Å². The van der Waals surface area contributed by atoms with Crippen LogP contribution < -0.4 is 15.4 Å². The van der Waals surface area contributed by atoms with Crippen LogP contribution >= 0.6 is 11.6 Å². The van der Waals surface area contributed by atoms with Gasteiger partial charge in [0.15, 0.2) is 0 Å². The molecule has 0 aliphatic heterocycles. The molecule has 1 amide bonds. The molecule has 0 atom stereocenters. The summed E-state index contributed by atoms with van der Waals surface area (Å²) in [4.78, 5) is 12.1. The van der Waals surface area contributed by atoms with Crippen LogP contribution in [0, 0.1) is 11.8 Å². The maximum atomic E-state index is 12.2. The van der Waals surface area contributed by atoms with E-state index in [0.29, 0.717) is 23.6 Å². The highest BCUT2D eigenvalue weighted by Gasteiger charge is 2.42. The van der Waals surface area contributed by atoms with Crippen molar-refractivity contribution in [1.29, 1.82) is 0 Å². The molecule has 2 N–H and O–H groups in total. The maximum Gasteiger partial charge on any atom is 0.387 e. The van der Waals surface area contributed by atoms with Crippen molar-refractivity contribution in [3.63, 3.8) is 0 Å². The summed E-state index contributed by atoms with van der Waals surface area (Å²) in [7, 11) is 0. The minimum Gasteiger partial charge on any atom is -0.433 e. The number of nitrogens with one attached hydrogen (secondary N) is 2. The summed E-state index contributed by atoms with van der Waals surface area (Å²) < 4.78 is 28.6. The molecule has 2 aliphatic rings. The Balaban J connectivity index is 1.49. The molecular formula is C16H19ClF2N2O2. The van der Waals surface area contributed by atoms with E-state index in [-0.39, 0.29) is 23.2 Å². The molecule has 1 aromatic rings. The first kappa shape index (κ1) is 16.3. The molecule has 0 radical (unpaired) electrons. The zero-order valence-corrected chi connectivity index (χ0v) is 13.3. The lowest BCUT2D eigenvalue weighted by atomic mass is 10.1. The lowest BCUT2D eigenvalue weighted by Gasteiger charge is -2.18. The molecule has 0 heterocycles. The highest BCUT2D eigenvalue weighted by molar-refractivity contribution is 6.32. The molecule has 1 aromatic carbocycles.